The third kappa shape index (κ3) is 2.82. The maximum absolute atomic E-state index is 11.7. The molecule has 1 aromatic heterocycles. The highest BCUT2D eigenvalue weighted by Gasteiger charge is 2.15. The second-order valence-corrected chi connectivity index (χ2v) is 3.83. The molecule has 1 aromatic carbocycles. The molecule has 0 bridgehead atoms. The van der Waals surface area contributed by atoms with Crippen molar-refractivity contribution in [3.05, 3.63) is 54.6 Å². The molecule has 0 amide bonds. The molecule has 0 aliphatic rings. The van der Waals surface area contributed by atoms with Crippen LogP contribution in [0.2, 0.25) is 0 Å². The third-order valence-electron chi connectivity index (χ3n) is 2.40. The van der Waals surface area contributed by atoms with Gasteiger partial charge in [-0.15, -0.1) is 4.57 Å². The summed E-state index contributed by atoms with van der Waals surface area (Å²) < 4.78 is 7.90. The first-order valence-electron chi connectivity index (χ1n) is 5.45. The molecule has 2 aromatic rings. The molecule has 0 saturated heterocycles. The van der Waals surface area contributed by atoms with Crippen molar-refractivity contribution in [2.45, 2.75) is 0 Å². The van der Waals surface area contributed by atoms with Crippen molar-refractivity contribution >= 4 is 11.9 Å². The number of carbonyl (C=O) groups excluding carboxylic acids is 2. The van der Waals surface area contributed by atoms with Crippen LogP contribution >= 0.6 is 0 Å². The van der Waals surface area contributed by atoms with E-state index in [4.69, 9.17) is 4.74 Å². The van der Waals surface area contributed by atoms with Gasteiger partial charge in [-0.2, -0.15) is 4.79 Å². The molecule has 0 N–H and O–H groups in total. The SMILES string of the molecule is C[n+]1ccn(C(=O)OCC(=O)c2ccccc2)c1. The molecule has 0 aliphatic carbocycles. The van der Waals surface area contributed by atoms with E-state index in [0.717, 1.165) is 0 Å². The van der Waals surface area contributed by atoms with Crippen LogP contribution in [0.25, 0.3) is 0 Å². The molecule has 18 heavy (non-hydrogen) atoms. The molecule has 1 heterocycles. The number of hydrogen-bond acceptors (Lipinski definition) is 3. The first kappa shape index (κ1) is 12.0. The Morgan fingerprint density at radius 1 is 1.28 bits per heavy atom. The minimum atomic E-state index is -0.570. The average Bonchev–Trinajstić information content (AvgIpc) is 2.83. The van der Waals surface area contributed by atoms with Gasteiger partial charge in [0.15, 0.2) is 12.4 Å². The van der Waals surface area contributed by atoms with Gasteiger partial charge in [-0.3, -0.25) is 4.79 Å². The number of aromatic nitrogens is 2. The summed E-state index contributed by atoms with van der Waals surface area (Å²) in [7, 11) is 1.79. The lowest BCUT2D eigenvalue weighted by molar-refractivity contribution is -0.670. The lowest BCUT2D eigenvalue weighted by atomic mass is 10.1. The quantitative estimate of drug-likeness (QED) is 0.602. The van der Waals surface area contributed by atoms with Gasteiger partial charge in [0.25, 0.3) is 6.33 Å². The molecule has 2 rings (SSSR count). The van der Waals surface area contributed by atoms with Crippen molar-refractivity contribution < 1.29 is 18.9 Å². The van der Waals surface area contributed by atoms with Gasteiger partial charge in [-0.05, 0) is 0 Å². The average molecular weight is 245 g/mol. The number of Topliss-reactive ketones (excluding diaryl/α,β-unsaturated/α-hetero) is 1. The van der Waals surface area contributed by atoms with E-state index in [-0.39, 0.29) is 12.4 Å². The number of aryl methyl sites for hydroxylation is 1. The second-order valence-electron chi connectivity index (χ2n) is 3.83. The maximum Gasteiger partial charge on any atom is 0.512 e. The summed E-state index contributed by atoms with van der Waals surface area (Å²) in [6.45, 7) is -0.259. The Balaban J connectivity index is 1.92. The van der Waals surface area contributed by atoms with Gasteiger partial charge < -0.3 is 4.74 Å². The number of hydrogen-bond donors (Lipinski definition) is 0. The third-order valence-corrected chi connectivity index (χ3v) is 2.40. The fourth-order valence-corrected chi connectivity index (χ4v) is 1.47. The van der Waals surface area contributed by atoms with Gasteiger partial charge in [0.05, 0.1) is 7.05 Å². The van der Waals surface area contributed by atoms with Gasteiger partial charge in [0.2, 0.25) is 0 Å². The molecule has 5 heteroatoms. The number of ketones is 1. The van der Waals surface area contributed by atoms with Crippen molar-refractivity contribution in [1.29, 1.82) is 0 Å². The summed E-state index contributed by atoms with van der Waals surface area (Å²) >= 11 is 0. The summed E-state index contributed by atoms with van der Waals surface area (Å²) in [5.74, 6) is -0.222. The lowest BCUT2D eigenvalue weighted by Gasteiger charge is -2.00. The normalized spacial score (nSPS) is 10.1. The number of benzene rings is 1. The highest BCUT2D eigenvalue weighted by atomic mass is 16.6. The molecule has 0 radical (unpaired) electrons. The Bertz CT molecular complexity index is 561. The zero-order chi connectivity index (χ0) is 13.0. The van der Waals surface area contributed by atoms with Crippen molar-refractivity contribution in [3.8, 4) is 0 Å². The van der Waals surface area contributed by atoms with E-state index in [2.05, 4.69) is 0 Å². The fourth-order valence-electron chi connectivity index (χ4n) is 1.47. The number of carbonyl (C=O) groups is 2. The van der Waals surface area contributed by atoms with E-state index in [1.54, 1.807) is 54.6 Å². The summed E-state index contributed by atoms with van der Waals surface area (Å²) in [4.78, 5) is 23.3. The monoisotopic (exact) mass is 245 g/mol. The summed E-state index contributed by atoms with van der Waals surface area (Å²) in [6.07, 6.45) is 4.27. The molecule has 5 nitrogen and oxygen atoms in total. The standard InChI is InChI=1S/C13H13N2O3/c1-14-7-8-15(10-14)13(17)18-9-12(16)11-5-3-2-4-6-11/h2-8,10H,9H2,1H3/q+1. The molecule has 0 fully saturated rings. The minimum absolute atomic E-state index is 0.222. The molecular formula is C13H13N2O3+. The summed E-state index contributed by atoms with van der Waals surface area (Å²) in [5.41, 5.74) is 0.531. The molecule has 0 aliphatic heterocycles. The number of nitrogens with zero attached hydrogens (tertiary/aromatic N) is 2. The van der Waals surface area contributed by atoms with E-state index < -0.39 is 6.09 Å². The van der Waals surface area contributed by atoms with Crippen LogP contribution in [-0.2, 0) is 11.8 Å². The number of imidazole rings is 1. The molecule has 0 saturated carbocycles. The Labute approximate surface area is 104 Å². The van der Waals surface area contributed by atoms with Crippen LogP contribution in [-0.4, -0.2) is 23.1 Å². The number of ether oxygens (including phenoxy) is 1. The maximum atomic E-state index is 11.7. The van der Waals surface area contributed by atoms with Crippen molar-refractivity contribution in [2.24, 2.45) is 7.05 Å². The van der Waals surface area contributed by atoms with E-state index >= 15 is 0 Å². The zero-order valence-corrected chi connectivity index (χ0v) is 9.95. The first-order valence-corrected chi connectivity index (χ1v) is 5.45. The largest absolute Gasteiger partial charge is 0.512 e. The Morgan fingerprint density at radius 3 is 2.61 bits per heavy atom. The Kier molecular flexibility index (Phi) is 3.52. The van der Waals surface area contributed by atoms with Crippen molar-refractivity contribution in [2.75, 3.05) is 6.61 Å². The number of rotatable bonds is 3. The van der Waals surface area contributed by atoms with Gasteiger partial charge in [-0.1, -0.05) is 30.3 Å². The van der Waals surface area contributed by atoms with Crippen molar-refractivity contribution in [1.82, 2.24) is 4.57 Å². The lowest BCUT2D eigenvalue weighted by Crippen LogP contribution is -2.25. The summed E-state index contributed by atoms with van der Waals surface area (Å²) in [6, 6.07) is 8.72. The van der Waals surface area contributed by atoms with E-state index in [0.29, 0.717) is 5.56 Å². The van der Waals surface area contributed by atoms with Gasteiger partial charge >= 0.3 is 6.09 Å². The second kappa shape index (κ2) is 5.27. The van der Waals surface area contributed by atoms with Gasteiger partial charge in [0, 0.05) is 5.56 Å². The van der Waals surface area contributed by atoms with Crippen LogP contribution < -0.4 is 4.57 Å². The van der Waals surface area contributed by atoms with Crippen LogP contribution in [0.5, 0.6) is 0 Å². The smallest absolute Gasteiger partial charge is 0.423 e. The Morgan fingerprint density at radius 2 is 2.00 bits per heavy atom. The van der Waals surface area contributed by atoms with Crippen LogP contribution in [0, 0.1) is 0 Å². The van der Waals surface area contributed by atoms with E-state index in [1.165, 1.54) is 4.57 Å². The van der Waals surface area contributed by atoms with Crippen LogP contribution in [0.4, 0.5) is 4.79 Å². The predicted octanol–water partition coefficient (Wildman–Crippen LogP) is 1.18. The fraction of sp³-hybridized carbons (Fsp3) is 0.154. The zero-order valence-electron chi connectivity index (χ0n) is 9.95. The van der Waals surface area contributed by atoms with Crippen LogP contribution in [0.1, 0.15) is 10.4 Å². The van der Waals surface area contributed by atoms with E-state index in [1.807, 2.05) is 6.07 Å². The van der Waals surface area contributed by atoms with Crippen LogP contribution in [0.15, 0.2) is 49.1 Å². The van der Waals surface area contributed by atoms with Crippen LogP contribution in [0.3, 0.4) is 0 Å². The van der Waals surface area contributed by atoms with Gasteiger partial charge in [0.1, 0.15) is 12.4 Å². The Hall–Kier alpha value is -2.43. The first-order chi connectivity index (χ1) is 8.66. The van der Waals surface area contributed by atoms with Crippen molar-refractivity contribution in [3.63, 3.8) is 0 Å². The topological polar surface area (TPSA) is 52.2 Å². The minimum Gasteiger partial charge on any atom is -0.423 e. The molecular weight excluding hydrogens is 232 g/mol. The molecule has 0 atom stereocenters. The molecule has 0 spiro atoms. The summed E-state index contributed by atoms with van der Waals surface area (Å²) in [5, 5.41) is 0. The van der Waals surface area contributed by atoms with E-state index in [9.17, 15) is 9.59 Å². The molecule has 92 valence electrons. The predicted molar refractivity (Wildman–Crippen MR) is 63.1 cm³/mol. The molecule has 0 unspecified atom stereocenters. The highest BCUT2D eigenvalue weighted by Crippen LogP contribution is 2.00. The highest BCUT2D eigenvalue weighted by molar-refractivity contribution is 5.97. The van der Waals surface area contributed by atoms with Gasteiger partial charge in [-0.25, -0.2) is 4.57 Å².